The number of carbonyl (C=O) groups is 2. The lowest BCUT2D eigenvalue weighted by Crippen LogP contribution is -2.55. The maximum absolute atomic E-state index is 12.7. The lowest BCUT2D eigenvalue weighted by Gasteiger charge is -2.39. The van der Waals surface area contributed by atoms with Crippen molar-refractivity contribution in [2.45, 2.75) is 31.1 Å². The Kier molecular flexibility index (Phi) is 4.15. The zero-order valence-electron chi connectivity index (χ0n) is 14.1. The van der Waals surface area contributed by atoms with Crippen LogP contribution in [0.15, 0.2) is 12.1 Å². The average Bonchev–Trinajstić information content (AvgIpc) is 3.13. The highest BCUT2D eigenvalue weighted by atomic mass is 35.5. The topological polar surface area (TPSA) is 76.7 Å². The lowest BCUT2D eigenvalue weighted by molar-refractivity contribution is -0.155. The molecule has 0 saturated carbocycles. The van der Waals surface area contributed by atoms with Gasteiger partial charge in [0, 0.05) is 35.9 Å². The van der Waals surface area contributed by atoms with E-state index in [-0.39, 0.29) is 17.7 Å². The van der Waals surface area contributed by atoms with Crippen LogP contribution in [0.25, 0.3) is 0 Å². The molecular formula is C16H17ClF3N5O2. The summed E-state index contributed by atoms with van der Waals surface area (Å²) in [6.45, 7) is -0.127. The lowest BCUT2D eigenvalue weighted by atomic mass is 9.87. The number of fused-ring (bicyclic) bond motifs is 1. The Labute approximate surface area is 157 Å². The zero-order valence-corrected chi connectivity index (χ0v) is 14.9. The molecule has 0 unspecified atom stereocenters. The molecule has 2 fully saturated rings. The molecule has 3 heterocycles. The normalized spacial score (nSPS) is 21.5. The van der Waals surface area contributed by atoms with Gasteiger partial charge < -0.3 is 15.6 Å². The molecule has 3 amide bonds. The van der Waals surface area contributed by atoms with Gasteiger partial charge >= 0.3 is 12.2 Å². The van der Waals surface area contributed by atoms with Crippen molar-refractivity contribution in [2.24, 2.45) is 0 Å². The van der Waals surface area contributed by atoms with Crippen molar-refractivity contribution in [3.05, 3.63) is 22.7 Å². The standard InChI is InChI=1S/C16H17ClF3N5O2/c17-9-5-11-10(7-21-23-11)12(6-9)24-3-1-15(2-4-24)13(26)25(14(27)22-15)8-16(18,19)20/h5-6,21,23H,1-4,7-8H2,(H,22,27). The molecule has 11 heteroatoms. The van der Waals surface area contributed by atoms with Crippen LogP contribution in [0, 0.1) is 0 Å². The fraction of sp³-hybridized carbons (Fsp3) is 0.500. The minimum Gasteiger partial charge on any atom is -0.371 e. The maximum atomic E-state index is 12.7. The van der Waals surface area contributed by atoms with Crippen LogP contribution >= 0.6 is 11.6 Å². The van der Waals surface area contributed by atoms with E-state index in [0.29, 0.717) is 24.7 Å². The smallest absolute Gasteiger partial charge is 0.371 e. The first-order chi connectivity index (χ1) is 12.7. The third kappa shape index (κ3) is 3.16. The molecule has 4 rings (SSSR count). The van der Waals surface area contributed by atoms with Gasteiger partial charge in [-0.2, -0.15) is 13.2 Å². The first-order valence-corrected chi connectivity index (χ1v) is 8.83. The highest BCUT2D eigenvalue weighted by Crippen LogP contribution is 2.38. The number of rotatable bonds is 2. The largest absolute Gasteiger partial charge is 0.406 e. The van der Waals surface area contributed by atoms with Crippen LogP contribution in [0.4, 0.5) is 29.3 Å². The molecule has 0 aliphatic carbocycles. The van der Waals surface area contributed by atoms with E-state index in [2.05, 4.69) is 16.2 Å². The first kappa shape index (κ1) is 18.2. The maximum Gasteiger partial charge on any atom is 0.406 e. The third-order valence-electron chi connectivity index (χ3n) is 5.22. The zero-order chi connectivity index (χ0) is 19.4. The van der Waals surface area contributed by atoms with Gasteiger partial charge in [-0.1, -0.05) is 11.6 Å². The van der Waals surface area contributed by atoms with Crippen molar-refractivity contribution >= 4 is 34.9 Å². The fourth-order valence-electron chi connectivity index (χ4n) is 3.90. The molecule has 27 heavy (non-hydrogen) atoms. The quantitative estimate of drug-likeness (QED) is 0.660. The Morgan fingerprint density at radius 1 is 1.19 bits per heavy atom. The van der Waals surface area contributed by atoms with Crippen LogP contribution in [0.2, 0.25) is 5.02 Å². The second-order valence-corrected chi connectivity index (χ2v) is 7.37. The number of benzene rings is 1. The summed E-state index contributed by atoms with van der Waals surface area (Å²) in [5.41, 5.74) is 7.60. The molecule has 7 nitrogen and oxygen atoms in total. The summed E-state index contributed by atoms with van der Waals surface area (Å²) in [7, 11) is 0. The number of amides is 3. The number of nitrogens with one attached hydrogen (secondary N) is 3. The molecule has 0 radical (unpaired) electrons. The van der Waals surface area contributed by atoms with Crippen molar-refractivity contribution in [3.8, 4) is 0 Å². The second-order valence-electron chi connectivity index (χ2n) is 6.94. The Morgan fingerprint density at radius 3 is 2.56 bits per heavy atom. The number of anilines is 2. The summed E-state index contributed by atoms with van der Waals surface area (Å²) < 4.78 is 38.0. The van der Waals surface area contributed by atoms with Gasteiger partial charge in [0.05, 0.1) is 5.69 Å². The van der Waals surface area contributed by atoms with Crippen molar-refractivity contribution < 1.29 is 22.8 Å². The van der Waals surface area contributed by atoms with E-state index in [1.807, 2.05) is 17.0 Å². The highest BCUT2D eigenvalue weighted by Gasteiger charge is 2.54. The fourth-order valence-corrected chi connectivity index (χ4v) is 4.11. The van der Waals surface area contributed by atoms with Crippen LogP contribution in [0.1, 0.15) is 18.4 Å². The number of urea groups is 1. The Balaban J connectivity index is 1.52. The molecule has 1 aromatic rings. The Hall–Kier alpha value is -2.20. The number of hydrogen-bond donors (Lipinski definition) is 3. The summed E-state index contributed by atoms with van der Waals surface area (Å²) >= 11 is 6.17. The van der Waals surface area contributed by atoms with Crippen LogP contribution in [0.3, 0.4) is 0 Å². The van der Waals surface area contributed by atoms with Crippen LogP contribution in [-0.2, 0) is 11.3 Å². The van der Waals surface area contributed by atoms with Crippen LogP contribution < -0.4 is 21.1 Å². The first-order valence-electron chi connectivity index (χ1n) is 8.46. The van der Waals surface area contributed by atoms with Gasteiger partial charge in [0.15, 0.2) is 0 Å². The molecule has 0 bridgehead atoms. The van der Waals surface area contributed by atoms with Gasteiger partial charge in [-0.15, -0.1) is 0 Å². The van der Waals surface area contributed by atoms with Gasteiger partial charge in [-0.25, -0.2) is 10.2 Å². The van der Waals surface area contributed by atoms with E-state index in [4.69, 9.17) is 11.6 Å². The highest BCUT2D eigenvalue weighted by molar-refractivity contribution is 6.31. The van der Waals surface area contributed by atoms with Gasteiger partial charge in [-0.05, 0) is 25.0 Å². The third-order valence-corrected chi connectivity index (χ3v) is 5.44. The van der Waals surface area contributed by atoms with Crippen molar-refractivity contribution in [1.29, 1.82) is 0 Å². The monoisotopic (exact) mass is 403 g/mol. The molecule has 146 valence electrons. The van der Waals surface area contributed by atoms with Gasteiger partial charge in [-0.3, -0.25) is 9.69 Å². The number of alkyl halides is 3. The molecule has 1 spiro atoms. The molecule has 3 aliphatic rings. The minimum atomic E-state index is -4.62. The summed E-state index contributed by atoms with van der Waals surface area (Å²) in [5.74, 6) is -0.802. The minimum absolute atomic E-state index is 0.230. The molecule has 3 aliphatic heterocycles. The molecule has 1 aromatic carbocycles. The summed E-state index contributed by atoms with van der Waals surface area (Å²) in [5, 5.41) is 3.04. The molecular weight excluding hydrogens is 387 g/mol. The Morgan fingerprint density at radius 2 is 1.89 bits per heavy atom. The average molecular weight is 404 g/mol. The summed E-state index contributed by atoms with van der Waals surface area (Å²) in [4.78, 5) is 26.8. The number of halogens is 4. The number of hydrazine groups is 1. The number of nitrogens with zero attached hydrogens (tertiary/aromatic N) is 2. The number of imide groups is 1. The molecule has 0 aromatic heterocycles. The van der Waals surface area contributed by atoms with E-state index in [1.165, 1.54) is 0 Å². The number of carbonyl (C=O) groups excluding carboxylic acids is 2. The molecule has 2 saturated heterocycles. The van der Waals surface area contributed by atoms with E-state index in [1.54, 1.807) is 0 Å². The predicted octanol–water partition coefficient (Wildman–Crippen LogP) is 2.22. The SMILES string of the molecule is O=C1NC2(CCN(c3cc(Cl)cc4c3CNN4)CC2)C(=O)N1CC(F)(F)F. The van der Waals surface area contributed by atoms with E-state index in [9.17, 15) is 22.8 Å². The van der Waals surface area contributed by atoms with Crippen LogP contribution in [-0.4, -0.2) is 48.2 Å². The summed E-state index contributed by atoms with van der Waals surface area (Å²) in [6.07, 6.45) is -4.16. The van der Waals surface area contributed by atoms with Gasteiger partial charge in [0.2, 0.25) is 0 Å². The number of piperidine rings is 1. The van der Waals surface area contributed by atoms with Crippen molar-refractivity contribution in [1.82, 2.24) is 15.6 Å². The van der Waals surface area contributed by atoms with Gasteiger partial charge in [0.1, 0.15) is 12.1 Å². The van der Waals surface area contributed by atoms with Gasteiger partial charge in [0.25, 0.3) is 5.91 Å². The van der Waals surface area contributed by atoms with Crippen molar-refractivity contribution in [2.75, 3.05) is 30.0 Å². The molecule has 3 N–H and O–H groups in total. The van der Waals surface area contributed by atoms with Crippen molar-refractivity contribution in [3.63, 3.8) is 0 Å². The van der Waals surface area contributed by atoms with E-state index >= 15 is 0 Å². The van der Waals surface area contributed by atoms with E-state index in [0.717, 1.165) is 16.9 Å². The second kappa shape index (κ2) is 6.16. The predicted molar refractivity (Wildman–Crippen MR) is 92.4 cm³/mol. The Bertz CT molecular complexity index is 808. The van der Waals surface area contributed by atoms with Crippen LogP contribution in [0.5, 0.6) is 0 Å². The van der Waals surface area contributed by atoms with E-state index < -0.39 is 30.2 Å². The summed E-state index contributed by atoms with van der Waals surface area (Å²) in [6, 6.07) is 2.66. The number of hydrogen-bond acceptors (Lipinski definition) is 5. The molecule has 0 atom stereocenters.